The van der Waals surface area contributed by atoms with Gasteiger partial charge in [0, 0.05) is 92.2 Å². The summed E-state index contributed by atoms with van der Waals surface area (Å²) in [7, 11) is 4.18. The molecule has 5 N–H and O–H groups in total. The molecule has 4 aliphatic heterocycles. The lowest BCUT2D eigenvalue weighted by molar-refractivity contribution is 0.0827. The first-order chi connectivity index (χ1) is 34.0. The largest absolute Gasteiger partial charge is 0.506 e. The molecule has 0 amide bonds. The molecule has 380 valence electrons. The predicted octanol–water partition coefficient (Wildman–Crippen LogP) is 12.4. The first-order valence-corrected chi connectivity index (χ1v) is 25.1. The highest BCUT2D eigenvalue weighted by Gasteiger charge is 2.58. The van der Waals surface area contributed by atoms with E-state index in [2.05, 4.69) is 147 Å². The molecule has 1 saturated heterocycles. The van der Waals surface area contributed by atoms with Crippen molar-refractivity contribution in [1.82, 2.24) is 0 Å². The lowest BCUT2D eigenvalue weighted by Gasteiger charge is -2.45. The lowest BCUT2D eigenvalue weighted by Crippen LogP contribution is -2.61. The van der Waals surface area contributed by atoms with Crippen LogP contribution in [0.5, 0.6) is 11.5 Å². The molecule has 1 unspecified atom stereocenters. The van der Waals surface area contributed by atoms with Crippen molar-refractivity contribution in [3.8, 4) is 11.5 Å². The summed E-state index contributed by atoms with van der Waals surface area (Å²) in [6.45, 7) is 18.6. The maximum atomic E-state index is 10.4. The zero-order valence-electron chi connectivity index (χ0n) is 43.0. The number of phenolic OH excluding ortho intramolecular Hbond substituents is 1. The monoisotopic (exact) mass is 969 g/mol. The van der Waals surface area contributed by atoms with Gasteiger partial charge in [0.2, 0.25) is 5.72 Å². The third-order valence-electron chi connectivity index (χ3n) is 14.3. The second kappa shape index (κ2) is 23.7. The number of benzene rings is 6. The second-order valence-corrected chi connectivity index (χ2v) is 19.6. The number of piperidine rings is 1. The fourth-order valence-electron chi connectivity index (χ4n) is 10.2. The average Bonchev–Trinajstić information content (AvgIpc) is 3.65. The molecule has 71 heavy (non-hydrogen) atoms. The number of fused-ring (bicyclic) bond motifs is 6. The van der Waals surface area contributed by atoms with Gasteiger partial charge in [-0.15, -0.1) is 4.91 Å². The number of phenols is 1. The molecule has 4 heterocycles. The number of nitroso groups, excluding NO2 is 1. The second-order valence-electron chi connectivity index (χ2n) is 19.6. The molecule has 1 atom stereocenters. The summed E-state index contributed by atoms with van der Waals surface area (Å²) >= 11 is 0. The average molecular weight is 969 g/mol. The van der Waals surface area contributed by atoms with E-state index in [4.69, 9.17) is 25.0 Å². The van der Waals surface area contributed by atoms with Crippen molar-refractivity contribution in [2.75, 3.05) is 55.1 Å². The van der Waals surface area contributed by atoms with Crippen LogP contribution in [0.1, 0.15) is 99.0 Å². The molecule has 5 aliphatic rings. The highest BCUT2D eigenvalue weighted by atomic mass is 16.5. The van der Waals surface area contributed by atoms with Gasteiger partial charge in [-0.2, -0.15) is 0 Å². The van der Waals surface area contributed by atoms with E-state index < -0.39 is 5.72 Å². The Labute approximate surface area is 422 Å². The van der Waals surface area contributed by atoms with E-state index in [0.717, 1.165) is 66.7 Å². The number of ether oxygens (including phenoxy) is 1. The maximum absolute atomic E-state index is 10.4. The Morgan fingerprint density at radius 2 is 1.24 bits per heavy atom. The number of para-hydroxylation sites is 2. The van der Waals surface area contributed by atoms with E-state index in [9.17, 15) is 15.1 Å². The Hall–Kier alpha value is -6.31. The maximum Gasteiger partial charge on any atom is 0.228 e. The molecule has 0 radical (unpaired) electrons. The van der Waals surface area contributed by atoms with E-state index in [0.29, 0.717) is 5.39 Å². The summed E-state index contributed by atoms with van der Waals surface area (Å²) in [4.78, 5) is 22.2. The summed E-state index contributed by atoms with van der Waals surface area (Å²) < 4.78 is 6.95. The highest BCUT2D eigenvalue weighted by molar-refractivity contribution is 6.06. The predicted molar refractivity (Wildman–Crippen MR) is 296 cm³/mol. The number of hydrogen-bond acceptors (Lipinski definition) is 12. The fourth-order valence-corrected chi connectivity index (χ4v) is 10.2. The number of nitrogens with zero attached hydrogens (tertiary/aromatic N) is 5. The van der Waals surface area contributed by atoms with Crippen LogP contribution in [-0.4, -0.2) is 90.1 Å². The van der Waals surface area contributed by atoms with Crippen LogP contribution in [-0.2, 0) is 10.8 Å². The standard InChI is InChI=1S/C27H29N3O2.C12H15N.C10H7NO2.C6H12O.2C2H6O.H2/c1-26(2)21-10-6-7-11-22(21)29(3)27(26)17-28-25-20-9-5-4-8-19(20)23(16-24(25)32-27)30-14-12-18(31)13-15-30;1-9-12(2,3)10-7-5-6-8-11(10)13(9)4;12-9-6-5-7-3-1-2-4-8(7)10(9)11-13;7-6-4-2-1-3-5-6;2*1-2-3;/h4-11,16-18,31H,12-15H2,1-3H3;5-8H,1H2,2-4H3;1-6,12H;6-7H,1-5H2;2*3H,2H2,1H3;1H/i;;;;;;1+1. The van der Waals surface area contributed by atoms with E-state index in [1.54, 1.807) is 32.0 Å². The summed E-state index contributed by atoms with van der Waals surface area (Å²) in [5.74, 6) is 0.744. The number of aliphatic hydroxyl groups is 4. The van der Waals surface area contributed by atoms with Crippen molar-refractivity contribution in [2.45, 2.75) is 115 Å². The zero-order chi connectivity index (χ0) is 51.5. The molecule has 0 aromatic heterocycles. The number of aromatic hydroxyl groups is 1. The third-order valence-corrected chi connectivity index (χ3v) is 14.3. The minimum atomic E-state index is -0.693. The van der Waals surface area contributed by atoms with Crippen LogP contribution >= 0.6 is 0 Å². The number of anilines is 3. The number of likely N-dealkylation sites (N-methyl/N-ethyl adjacent to an activating group) is 2. The van der Waals surface area contributed by atoms with Gasteiger partial charge < -0.3 is 45.0 Å². The van der Waals surface area contributed by atoms with E-state index in [1.165, 1.54) is 58.9 Å². The molecule has 1 aliphatic carbocycles. The Bertz CT molecular complexity index is 2780. The molecule has 1 spiro atoms. The molecule has 2 fully saturated rings. The molecule has 6 aromatic rings. The van der Waals surface area contributed by atoms with Crippen LogP contribution in [0.25, 0.3) is 21.5 Å². The molecular formula is C59H77N5O7. The Morgan fingerprint density at radius 1 is 0.704 bits per heavy atom. The SMILES string of the molecule is C=C1N(C)c2ccccc2C1(C)C.CCO.CCO.CN1c2ccccc2C(C)(C)C12C=Nc1c(cc(N3CCC(O)CC3)c3ccccc13)O2.O=Nc1c(O)ccc2ccccc12.OC1CCCCC1.[2HH]. The van der Waals surface area contributed by atoms with E-state index in [-0.39, 0.29) is 49.1 Å². The molecular weight excluding hydrogens is 891 g/mol. The minimum Gasteiger partial charge on any atom is -0.506 e. The first kappa shape index (κ1) is 54.0. The van der Waals surface area contributed by atoms with Crippen molar-refractivity contribution in [3.63, 3.8) is 0 Å². The van der Waals surface area contributed by atoms with Crippen molar-refractivity contribution in [2.24, 2.45) is 10.2 Å². The molecule has 6 aromatic carbocycles. The summed E-state index contributed by atoms with van der Waals surface area (Å²) in [6, 6.07) is 38.1. The number of aliphatic imine (C=N–C) groups is 1. The third kappa shape index (κ3) is 11.3. The molecule has 12 heteroatoms. The van der Waals surface area contributed by atoms with Crippen LogP contribution in [0, 0.1) is 4.91 Å². The van der Waals surface area contributed by atoms with Gasteiger partial charge >= 0.3 is 0 Å². The minimum absolute atomic E-state index is 0. The first-order valence-electron chi connectivity index (χ1n) is 25.1. The van der Waals surface area contributed by atoms with E-state index in [1.807, 2.05) is 18.3 Å². The van der Waals surface area contributed by atoms with Gasteiger partial charge in [0.05, 0.1) is 23.8 Å². The van der Waals surface area contributed by atoms with Gasteiger partial charge in [-0.3, -0.25) is 4.99 Å². The molecule has 1 saturated carbocycles. The Kier molecular flexibility index (Phi) is 18.1. The topological polar surface area (TPSA) is 162 Å². The van der Waals surface area contributed by atoms with Crippen LogP contribution in [0.2, 0.25) is 0 Å². The number of aliphatic hydroxyl groups excluding tert-OH is 4. The Balaban J connectivity index is 0.000000198. The number of hydrogen-bond donors (Lipinski definition) is 5. The van der Waals surface area contributed by atoms with Crippen molar-refractivity contribution < 1.29 is 31.7 Å². The molecule has 11 rings (SSSR count). The van der Waals surface area contributed by atoms with Crippen LogP contribution < -0.4 is 19.4 Å². The van der Waals surface area contributed by atoms with Crippen LogP contribution in [0.15, 0.2) is 138 Å². The quantitative estimate of drug-likeness (QED) is 0.106. The van der Waals surface area contributed by atoms with Gasteiger partial charge in [0.25, 0.3) is 0 Å². The summed E-state index contributed by atoms with van der Waals surface area (Å²) in [5, 5.41) is 50.0. The van der Waals surface area contributed by atoms with E-state index >= 15 is 0 Å². The fraction of sp³-hybridized carbons (Fsp3) is 0.407. The van der Waals surface area contributed by atoms with Gasteiger partial charge in [-0.05, 0) is 93.3 Å². The van der Waals surface area contributed by atoms with Gasteiger partial charge in [-0.1, -0.05) is 131 Å². The molecule has 12 nitrogen and oxygen atoms in total. The zero-order valence-corrected chi connectivity index (χ0v) is 43.0. The Morgan fingerprint density at radius 3 is 1.82 bits per heavy atom. The summed E-state index contributed by atoms with van der Waals surface area (Å²) in [5.41, 5.74) is 7.57. The van der Waals surface area contributed by atoms with Crippen molar-refractivity contribution in [1.29, 1.82) is 0 Å². The van der Waals surface area contributed by atoms with Crippen molar-refractivity contribution >= 4 is 56.2 Å². The van der Waals surface area contributed by atoms with Gasteiger partial charge in [-0.25, -0.2) is 0 Å². The van der Waals surface area contributed by atoms with Gasteiger partial charge in [0.1, 0.15) is 11.4 Å². The number of allylic oxidation sites excluding steroid dienone is 1. The normalized spacial score (nSPS) is 19.2. The van der Waals surface area contributed by atoms with Crippen LogP contribution in [0.3, 0.4) is 0 Å². The summed E-state index contributed by atoms with van der Waals surface area (Å²) in [6.07, 6.45) is 9.30. The smallest absolute Gasteiger partial charge is 0.228 e. The molecule has 0 bridgehead atoms. The van der Waals surface area contributed by atoms with Crippen molar-refractivity contribution in [3.05, 3.63) is 144 Å². The number of rotatable bonds is 2. The van der Waals surface area contributed by atoms with Crippen LogP contribution in [0.4, 0.5) is 28.4 Å². The highest BCUT2D eigenvalue weighted by Crippen LogP contribution is 2.55. The van der Waals surface area contributed by atoms with Gasteiger partial charge in [0.15, 0.2) is 11.4 Å². The lowest BCUT2D eigenvalue weighted by atomic mass is 9.77.